The number of nitro groups is 1. The van der Waals surface area contributed by atoms with Crippen LogP contribution in [0.5, 0.6) is 0 Å². The SMILES string of the molecule is COC(=O)C=Cc1cnc2c(c1)c(C=CC(=O)OC)cn2-c1ccc([N+](=O)[O-])cc1C. The summed E-state index contributed by atoms with van der Waals surface area (Å²) in [6.45, 7) is 1.77. The Bertz CT molecular complexity index is 1240. The Balaban J connectivity index is 2.17. The van der Waals surface area contributed by atoms with E-state index in [2.05, 4.69) is 14.5 Å². The monoisotopic (exact) mass is 421 g/mol. The van der Waals surface area contributed by atoms with Crippen LogP contribution in [0.4, 0.5) is 5.69 Å². The molecule has 0 saturated heterocycles. The Hall–Kier alpha value is -4.27. The molecule has 9 nitrogen and oxygen atoms in total. The fraction of sp³-hybridized carbons (Fsp3) is 0.136. The van der Waals surface area contributed by atoms with Gasteiger partial charge in [-0.25, -0.2) is 14.6 Å². The van der Waals surface area contributed by atoms with Crippen molar-refractivity contribution in [3.63, 3.8) is 0 Å². The number of hydrogen-bond donors (Lipinski definition) is 0. The van der Waals surface area contributed by atoms with Crippen LogP contribution in [0, 0.1) is 17.0 Å². The maximum Gasteiger partial charge on any atom is 0.330 e. The van der Waals surface area contributed by atoms with Crippen molar-refractivity contribution in [1.29, 1.82) is 0 Å². The first-order valence-electron chi connectivity index (χ1n) is 9.12. The van der Waals surface area contributed by atoms with Gasteiger partial charge in [-0.15, -0.1) is 0 Å². The molecular weight excluding hydrogens is 402 g/mol. The first-order chi connectivity index (χ1) is 14.8. The number of hydrogen-bond acceptors (Lipinski definition) is 7. The lowest BCUT2D eigenvalue weighted by molar-refractivity contribution is -0.384. The lowest BCUT2D eigenvalue weighted by atomic mass is 10.1. The summed E-state index contributed by atoms with van der Waals surface area (Å²) in [5, 5.41) is 11.8. The van der Waals surface area contributed by atoms with Gasteiger partial charge in [-0.1, -0.05) is 0 Å². The van der Waals surface area contributed by atoms with Crippen molar-refractivity contribution >= 4 is 40.8 Å². The summed E-state index contributed by atoms with van der Waals surface area (Å²) in [4.78, 5) is 38.1. The quantitative estimate of drug-likeness (QED) is 0.258. The van der Waals surface area contributed by atoms with Crippen molar-refractivity contribution in [2.75, 3.05) is 14.2 Å². The van der Waals surface area contributed by atoms with E-state index in [0.717, 1.165) is 0 Å². The second kappa shape index (κ2) is 9.04. The Morgan fingerprint density at radius 1 is 1.10 bits per heavy atom. The van der Waals surface area contributed by atoms with Gasteiger partial charge in [0.25, 0.3) is 5.69 Å². The van der Waals surface area contributed by atoms with Crippen molar-refractivity contribution in [3.8, 4) is 5.69 Å². The topological polar surface area (TPSA) is 114 Å². The van der Waals surface area contributed by atoms with E-state index in [1.807, 2.05) is 6.07 Å². The summed E-state index contributed by atoms with van der Waals surface area (Å²) in [5.74, 6) is -1.01. The van der Waals surface area contributed by atoms with Gasteiger partial charge >= 0.3 is 11.9 Å². The number of nitrogens with zero attached hydrogens (tertiary/aromatic N) is 3. The number of nitro benzene ring substituents is 1. The summed E-state index contributed by atoms with van der Waals surface area (Å²) in [6.07, 6.45) is 9.11. The molecule has 0 aliphatic carbocycles. The molecule has 0 aliphatic rings. The standard InChI is InChI=1S/C22H19N3O6/c1-14-10-17(25(28)29)6-7-19(14)24-13-16(5-9-21(27)31-3)18-11-15(12-23-22(18)24)4-8-20(26)30-2/h4-13H,1-3H3. The van der Waals surface area contributed by atoms with Crippen molar-refractivity contribution in [2.45, 2.75) is 6.92 Å². The lowest BCUT2D eigenvalue weighted by Gasteiger charge is -2.08. The van der Waals surface area contributed by atoms with Crippen molar-refractivity contribution < 1.29 is 24.0 Å². The summed E-state index contributed by atoms with van der Waals surface area (Å²) in [7, 11) is 2.57. The zero-order valence-corrected chi connectivity index (χ0v) is 17.1. The lowest BCUT2D eigenvalue weighted by Crippen LogP contribution is -1.98. The number of ether oxygens (including phenoxy) is 2. The number of pyridine rings is 1. The second-order valence-electron chi connectivity index (χ2n) is 6.54. The number of rotatable bonds is 6. The zero-order valence-electron chi connectivity index (χ0n) is 17.1. The molecule has 0 spiro atoms. The van der Waals surface area contributed by atoms with E-state index in [1.54, 1.807) is 42.1 Å². The highest BCUT2D eigenvalue weighted by Crippen LogP contribution is 2.29. The molecule has 158 valence electrons. The van der Waals surface area contributed by atoms with E-state index in [0.29, 0.717) is 33.4 Å². The van der Waals surface area contributed by atoms with Crippen molar-refractivity contribution in [2.24, 2.45) is 0 Å². The van der Waals surface area contributed by atoms with Gasteiger partial charge in [0.2, 0.25) is 0 Å². The van der Waals surface area contributed by atoms with E-state index in [1.165, 1.54) is 38.5 Å². The van der Waals surface area contributed by atoms with Gasteiger partial charge in [-0.3, -0.25) is 10.1 Å². The molecule has 3 rings (SSSR count). The number of esters is 2. The molecule has 0 unspecified atom stereocenters. The van der Waals surface area contributed by atoms with Gasteiger partial charge in [0.1, 0.15) is 5.65 Å². The van der Waals surface area contributed by atoms with Crippen LogP contribution >= 0.6 is 0 Å². The highest BCUT2D eigenvalue weighted by atomic mass is 16.6. The van der Waals surface area contributed by atoms with E-state index in [4.69, 9.17) is 0 Å². The average Bonchev–Trinajstić information content (AvgIpc) is 3.13. The molecule has 0 aliphatic heterocycles. The van der Waals surface area contributed by atoms with Crippen LogP contribution < -0.4 is 0 Å². The van der Waals surface area contributed by atoms with Crippen molar-refractivity contribution in [1.82, 2.24) is 9.55 Å². The first kappa shape index (κ1) is 21.4. The first-order valence-corrected chi connectivity index (χ1v) is 9.12. The van der Waals surface area contributed by atoms with Gasteiger partial charge in [0, 0.05) is 47.6 Å². The molecular formula is C22H19N3O6. The summed E-state index contributed by atoms with van der Waals surface area (Å²) in [5.41, 5.74) is 3.30. The molecule has 1 aromatic carbocycles. The van der Waals surface area contributed by atoms with E-state index in [9.17, 15) is 19.7 Å². The van der Waals surface area contributed by atoms with Crippen molar-refractivity contribution in [3.05, 3.63) is 75.6 Å². The molecule has 2 aromatic heterocycles. The van der Waals surface area contributed by atoms with E-state index in [-0.39, 0.29) is 5.69 Å². The van der Waals surface area contributed by atoms with Gasteiger partial charge in [0.15, 0.2) is 0 Å². The Morgan fingerprint density at radius 3 is 2.39 bits per heavy atom. The summed E-state index contributed by atoms with van der Waals surface area (Å²) in [6, 6.07) is 6.37. The fourth-order valence-corrected chi connectivity index (χ4v) is 3.04. The van der Waals surface area contributed by atoms with Gasteiger partial charge in [0.05, 0.1) is 24.8 Å². The predicted octanol–water partition coefficient (Wildman–Crippen LogP) is 3.61. The normalized spacial score (nSPS) is 11.3. The molecule has 9 heteroatoms. The Labute approximate surface area is 177 Å². The third-order valence-electron chi connectivity index (χ3n) is 4.56. The minimum absolute atomic E-state index is 0.00767. The number of benzene rings is 1. The van der Waals surface area contributed by atoms with E-state index < -0.39 is 16.9 Å². The Kier molecular flexibility index (Phi) is 6.25. The highest BCUT2D eigenvalue weighted by molar-refractivity contribution is 5.95. The van der Waals surface area contributed by atoms with E-state index >= 15 is 0 Å². The predicted molar refractivity (Wildman–Crippen MR) is 115 cm³/mol. The molecule has 0 saturated carbocycles. The van der Waals surface area contributed by atoms with Gasteiger partial charge in [-0.05, 0) is 42.3 Å². The number of carbonyl (C=O) groups is 2. The molecule has 31 heavy (non-hydrogen) atoms. The maximum absolute atomic E-state index is 11.6. The van der Waals surface area contributed by atoms with Crippen LogP contribution in [-0.4, -0.2) is 40.6 Å². The van der Waals surface area contributed by atoms with Gasteiger partial charge in [-0.2, -0.15) is 0 Å². The van der Waals surface area contributed by atoms with Crippen LogP contribution in [0.25, 0.3) is 28.9 Å². The second-order valence-corrected chi connectivity index (χ2v) is 6.54. The highest BCUT2D eigenvalue weighted by Gasteiger charge is 2.15. The molecule has 0 radical (unpaired) electrons. The molecule has 2 heterocycles. The van der Waals surface area contributed by atoms with Crippen LogP contribution in [0.2, 0.25) is 0 Å². The minimum atomic E-state index is -0.512. The third-order valence-corrected chi connectivity index (χ3v) is 4.56. The summed E-state index contributed by atoms with van der Waals surface area (Å²) >= 11 is 0. The average molecular weight is 421 g/mol. The minimum Gasteiger partial charge on any atom is -0.466 e. The molecule has 3 aromatic rings. The number of fused-ring (bicyclic) bond motifs is 1. The molecule has 0 amide bonds. The molecule has 0 N–H and O–H groups in total. The molecule has 0 atom stereocenters. The maximum atomic E-state index is 11.6. The number of carbonyl (C=O) groups excluding carboxylic acids is 2. The largest absolute Gasteiger partial charge is 0.466 e. The van der Waals surface area contributed by atoms with Crippen LogP contribution in [0.15, 0.2) is 48.8 Å². The summed E-state index contributed by atoms with van der Waals surface area (Å²) < 4.78 is 11.0. The molecule has 0 bridgehead atoms. The number of non-ortho nitro benzene ring substituents is 1. The van der Waals surface area contributed by atoms with Crippen LogP contribution in [0.3, 0.4) is 0 Å². The Morgan fingerprint density at radius 2 is 1.77 bits per heavy atom. The third kappa shape index (κ3) is 4.67. The zero-order chi connectivity index (χ0) is 22.5. The number of methoxy groups -OCH3 is 2. The molecule has 0 fully saturated rings. The fourth-order valence-electron chi connectivity index (χ4n) is 3.04. The number of aryl methyl sites for hydroxylation is 1. The number of aromatic nitrogens is 2. The smallest absolute Gasteiger partial charge is 0.330 e. The van der Waals surface area contributed by atoms with Crippen LogP contribution in [-0.2, 0) is 19.1 Å². The van der Waals surface area contributed by atoms with Gasteiger partial charge < -0.3 is 14.0 Å². The van der Waals surface area contributed by atoms with Crippen LogP contribution in [0.1, 0.15) is 16.7 Å².